The summed E-state index contributed by atoms with van der Waals surface area (Å²) in [6, 6.07) is 8.17. The van der Waals surface area contributed by atoms with Crippen LogP contribution in [0.3, 0.4) is 0 Å². The predicted molar refractivity (Wildman–Crippen MR) is 117 cm³/mol. The molecule has 7 heteroatoms. The van der Waals surface area contributed by atoms with Gasteiger partial charge in [-0.05, 0) is 69.5 Å². The van der Waals surface area contributed by atoms with Gasteiger partial charge in [-0.2, -0.15) is 0 Å². The number of amides is 1. The van der Waals surface area contributed by atoms with Crippen LogP contribution in [0.2, 0.25) is 0 Å². The average molecular weight is 426 g/mol. The number of aromatic nitrogens is 1. The van der Waals surface area contributed by atoms with Crippen molar-refractivity contribution in [1.29, 1.82) is 0 Å². The van der Waals surface area contributed by atoms with Crippen molar-refractivity contribution in [2.45, 2.75) is 52.3 Å². The molecule has 2 atom stereocenters. The van der Waals surface area contributed by atoms with Gasteiger partial charge in [-0.15, -0.1) is 24.8 Å². The van der Waals surface area contributed by atoms with E-state index in [2.05, 4.69) is 22.5 Å². The number of carbonyl (C=O) groups is 1. The number of pyridine rings is 1. The Morgan fingerprint density at radius 1 is 1.29 bits per heavy atom. The Morgan fingerprint density at radius 2 is 2.00 bits per heavy atom. The molecule has 1 aliphatic rings. The Labute approximate surface area is 179 Å². The summed E-state index contributed by atoms with van der Waals surface area (Å²) < 4.78 is 5.97. The van der Waals surface area contributed by atoms with Gasteiger partial charge < -0.3 is 15.4 Å². The maximum absolute atomic E-state index is 12.7. The number of nitrogens with one attached hydrogen (secondary N) is 2. The topological polar surface area (TPSA) is 63.2 Å². The molecule has 1 aliphatic heterocycles. The van der Waals surface area contributed by atoms with Crippen LogP contribution in [0.4, 0.5) is 0 Å². The zero-order chi connectivity index (χ0) is 18.5. The molecule has 154 valence electrons. The van der Waals surface area contributed by atoms with E-state index in [1.807, 2.05) is 38.1 Å². The number of hydrogen-bond donors (Lipinski definition) is 2. The summed E-state index contributed by atoms with van der Waals surface area (Å²) in [6.45, 7) is 7.57. The lowest BCUT2D eigenvalue weighted by atomic mass is 9.99. The normalized spacial score (nSPS) is 18.4. The van der Waals surface area contributed by atoms with Crippen molar-refractivity contribution in [2.24, 2.45) is 0 Å². The fourth-order valence-corrected chi connectivity index (χ4v) is 3.44. The molecule has 1 fully saturated rings. The first-order chi connectivity index (χ1) is 12.5. The molecule has 1 saturated heterocycles. The van der Waals surface area contributed by atoms with Crippen molar-refractivity contribution < 1.29 is 9.53 Å². The number of piperidine rings is 1. The Morgan fingerprint density at radius 3 is 2.61 bits per heavy atom. The third kappa shape index (κ3) is 6.09. The van der Waals surface area contributed by atoms with E-state index in [0.717, 1.165) is 41.8 Å². The smallest absolute Gasteiger partial charge is 0.251 e. The molecule has 0 radical (unpaired) electrons. The lowest BCUT2D eigenvalue weighted by molar-refractivity contribution is 0.0919. The summed E-state index contributed by atoms with van der Waals surface area (Å²) in [4.78, 5) is 16.8. The van der Waals surface area contributed by atoms with Crippen LogP contribution in [-0.4, -0.2) is 29.5 Å². The van der Waals surface area contributed by atoms with Crippen molar-refractivity contribution in [3.8, 4) is 5.75 Å². The fraction of sp³-hybridized carbons (Fsp3) is 0.429. The first-order valence-corrected chi connectivity index (χ1v) is 9.22. The molecule has 2 unspecified atom stereocenters. The minimum absolute atomic E-state index is 0. The van der Waals surface area contributed by atoms with Gasteiger partial charge in [0.2, 0.25) is 0 Å². The van der Waals surface area contributed by atoms with Gasteiger partial charge in [0.25, 0.3) is 5.91 Å². The number of nitrogens with zero attached hydrogens (tertiary/aromatic N) is 1. The van der Waals surface area contributed by atoms with Gasteiger partial charge in [0, 0.05) is 35.6 Å². The number of ether oxygens (including phenoxy) is 1. The molecular formula is C21H29Cl2N3O2. The van der Waals surface area contributed by atoms with Crippen molar-refractivity contribution in [3.63, 3.8) is 0 Å². The second kappa shape index (κ2) is 11.2. The molecule has 1 amide bonds. The summed E-state index contributed by atoms with van der Waals surface area (Å²) in [5, 5.41) is 6.58. The van der Waals surface area contributed by atoms with E-state index in [-0.39, 0.29) is 36.8 Å². The standard InChI is InChI=1S/C21H27N3O2.2ClH/c1-14-10-18(21(25)24-19-7-5-9-23-16(19)3)11-15(2)20(14)26-13-17-6-4-8-22-12-17;;/h4,6,8,10-12,16,19,23H,5,7,9,13H2,1-3H3,(H,24,25);2*1H. The highest BCUT2D eigenvalue weighted by Crippen LogP contribution is 2.26. The number of carbonyl (C=O) groups excluding carboxylic acids is 1. The zero-order valence-corrected chi connectivity index (χ0v) is 18.2. The zero-order valence-electron chi connectivity index (χ0n) is 16.5. The van der Waals surface area contributed by atoms with E-state index in [9.17, 15) is 4.79 Å². The minimum Gasteiger partial charge on any atom is -0.488 e. The monoisotopic (exact) mass is 425 g/mol. The largest absolute Gasteiger partial charge is 0.488 e. The average Bonchev–Trinajstić information content (AvgIpc) is 2.63. The summed E-state index contributed by atoms with van der Waals surface area (Å²) in [5.41, 5.74) is 3.64. The highest BCUT2D eigenvalue weighted by molar-refractivity contribution is 5.95. The third-order valence-corrected chi connectivity index (χ3v) is 4.91. The van der Waals surface area contributed by atoms with Crippen LogP contribution in [-0.2, 0) is 6.61 Å². The fourth-order valence-electron chi connectivity index (χ4n) is 3.44. The molecule has 1 aromatic heterocycles. The highest BCUT2D eigenvalue weighted by Gasteiger charge is 2.23. The Kier molecular flexibility index (Phi) is 9.73. The van der Waals surface area contributed by atoms with Gasteiger partial charge in [0.05, 0.1) is 0 Å². The third-order valence-electron chi connectivity index (χ3n) is 4.91. The Balaban J connectivity index is 0.00000196. The van der Waals surface area contributed by atoms with Crippen LogP contribution < -0.4 is 15.4 Å². The Bertz CT molecular complexity index is 748. The number of hydrogen-bond acceptors (Lipinski definition) is 4. The van der Waals surface area contributed by atoms with Crippen LogP contribution in [0.5, 0.6) is 5.75 Å². The molecule has 2 aromatic rings. The second-order valence-electron chi connectivity index (χ2n) is 7.05. The minimum atomic E-state index is -0.0180. The molecule has 5 nitrogen and oxygen atoms in total. The number of rotatable bonds is 5. The van der Waals surface area contributed by atoms with Gasteiger partial charge in [0.15, 0.2) is 0 Å². The van der Waals surface area contributed by atoms with Crippen molar-refractivity contribution in [2.75, 3.05) is 6.54 Å². The summed E-state index contributed by atoms with van der Waals surface area (Å²) >= 11 is 0. The maximum atomic E-state index is 12.7. The number of halogens is 2. The Hall–Kier alpha value is -1.82. The van der Waals surface area contributed by atoms with Crippen LogP contribution in [0.15, 0.2) is 36.7 Å². The summed E-state index contributed by atoms with van der Waals surface area (Å²) in [5.74, 6) is 0.814. The second-order valence-corrected chi connectivity index (χ2v) is 7.05. The molecular weight excluding hydrogens is 397 g/mol. The van der Waals surface area contributed by atoms with Crippen molar-refractivity contribution in [1.82, 2.24) is 15.6 Å². The number of aryl methyl sites for hydroxylation is 2. The van der Waals surface area contributed by atoms with Crippen molar-refractivity contribution >= 4 is 30.7 Å². The lowest BCUT2D eigenvalue weighted by Crippen LogP contribution is -2.51. The summed E-state index contributed by atoms with van der Waals surface area (Å²) in [6.07, 6.45) is 5.65. The van der Waals surface area contributed by atoms with Gasteiger partial charge in [-0.1, -0.05) is 6.07 Å². The lowest BCUT2D eigenvalue weighted by Gasteiger charge is -2.30. The highest BCUT2D eigenvalue weighted by atomic mass is 35.5. The van der Waals surface area contributed by atoms with E-state index < -0.39 is 0 Å². The van der Waals surface area contributed by atoms with E-state index >= 15 is 0 Å². The maximum Gasteiger partial charge on any atom is 0.251 e. The predicted octanol–water partition coefficient (Wildman–Crippen LogP) is 3.99. The molecule has 2 N–H and O–H groups in total. The van der Waals surface area contributed by atoms with E-state index in [0.29, 0.717) is 18.2 Å². The van der Waals surface area contributed by atoms with Gasteiger partial charge >= 0.3 is 0 Å². The molecule has 0 spiro atoms. The first kappa shape index (κ1) is 24.2. The van der Waals surface area contributed by atoms with Gasteiger partial charge in [-0.25, -0.2) is 0 Å². The van der Waals surface area contributed by atoms with Crippen LogP contribution in [0.1, 0.15) is 46.8 Å². The molecule has 0 saturated carbocycles. The van der Waals surface area contributed by atoms with E-state index in [4.69, 9.17) is 4.74 Å². The van der Waals surface area contributed by atoms with Crippen molar-refractivity contribution in [3.05, 3.63) is 58.9 Å². The molecule has 28 heavy (non-hydrogen) atoms. The van der Waals surface area contributed by atoms with Gasteiger partial charge in [0.1, 0.15) is 12.4 Å². The van der Waals surface area contributed by atoms with Crippen LogP contribution in [0, 0.1) is 13.8 Å². The SMILES string of the molecule is Cc1cc(C(=O)NC2CCCNC2C)cc(C)c1OCc1cccnc1.Cl.Cl. The van der Waals surface area contributed by atoms with E-state index in [1.54, 1.807) is 12.4 Å². The molecule has 3 rings (SSSR count). The quantitative estimate of drug-likeness (QED) is 0.759. The van der Waals surface area contributed by atoms with Crippen LogP contribution >= 0.6 is 24.8 Å². The molecule has 0 aliphatic carbocycles. The summed E-state index contributed by atoms with van der Waals surface area (Å²) in [7, 11) is 0. The first-order valence-electron chi connectivity index (χ1n) is 9.22. The molecule has 2 heterocycles. The molecule has 0 bridgehead atoms. The van der Waals surface area contributed by atoms with Gasteiger partial charge in [-0.3, -0.25) is 9.78 Å². The molecule has 1 aromatic carbocycles. The van der Waals surface area contributed by atoms with E-state index in [1.165, 1.54) is 0 Å². The number of benzene rings is 1. The van der Waals surface area contributed by atoms with Crippen LogP contribution in [0.25, 0.3) is 0 Å².